The summed E-state index contributed by atoms with van der Waals surface area (Å²) in [6.45, 7) is 6.55. The molecule has 146 valence electrons. The number of nitrogens with zero attached hydrogens (tertiary/aromatic N) is 6. The summed E-state index contributed by atoms with van der Waals surface area (Å²) in [6.07, 6.45) is 0. The van der Waals surface area contributed by atoms with Gasteiger partial charge in [0.15, 0.2) is 5.82 Å². The first-order valence-corrected chi connectivity index (χ1v) is 9.60. The zero-order valence-electron chi connectivity index (χ0n) is 16.3. The third-order valence-corrected chi connectivity index (χ3v) is 5.35. The van der Waals surface area contributed by atoms with E-state index in [0.717, 1.165) is 37.6 Å². The van der Waals surface area contributed by atoms with Crippen molar-refractivity contribution in [2.75, 3.05) is 33.2 Å². The lowest BCUT2D eigenvalue weighted by atomic mass is 10.0. The van der Waals surface area contributed by atoms with Gasteiger partial charge in [0.05, 0.1) is 12.6 Å². The monoisotopic (exact) mass is 380 g/mol. The lowest BCUT2D eigenvalue weighted by Crippen LogP contribution is -2.46. The third-order valence-electron chi connectivity index (χ3n) is 5.35. The van der Waals surface area contributed by atoms with Crippen molar-refractivity contribution in [3.63, 3.8) is 0 Å². The van der Waals surface area contributed by atoms with E-state index in [1.165, 1.54) is 23.3 Å². The molecule has 1 aliphatic heterocycles. The lowest BCUT2D eigenvalue weighted by molar-refractivity contribution is 0.121. The molecular weight excluding hydrogens is 355 g/mol. The molecule has 4 rings (SSSR count). The smallest absolute Gasteiger partial charge is 0.173 e. The minimum atomic E-state index is -0.240. The van der Waals surface area contributed by atoms with Gasteiger partial charge in [0.2, 0.25) is 0 Å². The molecule has 2 aromatic carbocycles. The predicted molar refractivity (Wildman–Crippen MR) is 105 cm³/mol. The lowest BCUT2D eigenvalue weighted by Gasteiger charge is -2.37. The Labute approximate surface area is 164 Å². The Morgan fingerprint density at radius 2 is 1.64 bits per heavy atom. The molecule has 2 heterocycles. The summed E-state index contributed by atoms with van der Waals surface area (Å²) < 4.78 is 15.1. The van der Waals surface area contributed by atoms with E-state index in [1.54, 1.807) is 12.1 Å². The largest absolute Gasteiger partial charge is 0.304 e. The molecule has 1 aromatic heterocycles. The van der Waals surface area contributed by atoms with Crippen LogP contribution in [-0.2, 0) is 6.54 Å². The summed E-state index contributed by atoms with van der Waals surface area (Å²) in [5, 5.41) is 12.6. The molecule has 1 saturated heterocycles. The van der Waals surface area contributed by atoms with Gasteiger partial charge < -0.3 is 4.90 Å². The Morgan fingerprint density at radius 3 is 2.32 bits per heavy atom. The minimum Gasteiger partial charge on any atom is -0.304 e. The molecule has 1 aliphatic rings. The molecule has 6 nitrogen and oxygen atoms in total. The highest BCUT2D eigenvalue weighted by atomic mass is 19.1. The quantitative estimate of drug-likeness (QED) is 0.681. The summed E-state index contributed by atoms with van der Waals surface area (Å²) in [6, 6.07) is 15.1. The zero-order valence-corrected chi connectivity index (χ0v) is 16.3. The average molecular weight is 380 g/mol. The fraction of sp³-hybridized carbons (Fsp3) is 0.381. The van der Waals surface area contributed by atoms with Crippen LogP contribution in [0.3, 0.4) is 0 Å². The van der Waals surface area contributed by atoms with Crippen LogP contribution in [0.15, 0.2) is 48.5 Å². The Kier molecular flexibility index (Phi) is 5.45. The molecule has 1 unspecified atom stereocenters. The van der Waals surface area contributed by atoms with Crippen molar-refractivity contribution in [1.82, 2.24) is 30.0 Å². The summed E-state index contributed by atoms with van der Waals surface area (Å²) in [7, 11) is 2.15. The Bertz CT molecular complexity index is 897. The zero-order chi connectivity index (χ0) is 19.5. The van der Waals surface area contributed by atoms with E-state index < -0.39 is 0 Å². The Balaban J connectivity index is 1.67. The van der Waals surface area contributed by atoms with Gasteiger partial charge in [0.1, 0.15) is 5.82 Å². The van der Waals surface area contributed by atoms with E-state index >= 15 is 0 Å². The van der Waals surface area contributed by atoms with Crippen LogP contribution in [0.2, 0.25) is 0 Å². The van der Waals surface area contributed by atoms with Gasteiger partial charge in [-0.2, -0.15) is 0 Å². The normalized spacial score (nSPS) is 17.0. The van der Waals surface area contributed by atoms with Gasteiger partial charge in [-0.05, 0) is 47.7 Å². The number of benzene rings is 2. The minimum absolute atomic E-state index is 0.00949. The number of tetrazole rings is 1. The third kappa shape index (κ3) is 4.10. The summed E-state index contributed by atoms with van der Waals surface area (Å²) in [5.74, 6) is 0.577. The van der Waals surface area contributed by atoms with Crippen LogP contribution in [-0.4, -0.2) is 63.2 Å². The van der Waals surface area contributed by atoms with E-state index in [2.05, 4.69) is 63.6 Å². The summed E-state index contributed by atoms with van der Waals surface area (Å²) in [4.78, 5) is 4.78. The first-order chi connectivity index (χ1) is 13.6. The van der Waals surface area contributed by atoms with Crippen LogP contribution < -0.4 is 0 Å². The van der Waals surface area contributed by atoms with Crippen LogP contribution >= 0.6 is 0 Å². The molecule has 7 heteroatoms. The highest BCUT2D eigenvalue weighted by molar-refractivity contribution is 5.28. The second-order valence-corrected chi connectivity index (χ2v) is 7.47. The molecule has 0 aliphatic carbocycles. The number of aromatic nitrogens is 4. The highest BCUT2D eigenvalue weighted by Gasteiger charge is 2.29. The highest BCUT2D eigenvalue weighted by Crippen LogP contribution is 2.28. The number of piperazine rings is 1. The van der Waals surface area contributed by atoms with Gasteiger partial charge in [-0.15, -0.1) is 5.10 Å². The molecule has 0 radical (unpaired) electrons. The van der Waals surface area contributed by atoms with E-state index in [1.807, 2.05) is 4.68 Å². The molecule has 1 fully saturated rings. The predicted octanol–water partition coefficient (Wildman–Crippen LogP) is 2.51. The number of hydrogen-bond acceptors (Lipinski definition) is 5. The van der Waals surface area contributed by atoms with Crippen LogP contribution in [0.5, 0.6) is 0 Å². The number of aryl methyl sites for hydroxylation is 1. The van der Waals surface area contributed by atoms with Crippen molar-refractivity contribution >= 4 is 0 Å². The number of hydrogen-bond donors (Lipinski definition) is 0. The second-order valence-electron chi connectivity index (χ2n) is 7.47. The maximum absolute atomic E-state index is 13.2. The molecule has 0 bridgehead atoms. The van der Waals surface area contributed by atoms with Crippen LogP contribution in [0.4, 0.5) is 4.39 Å². The number of likely N-dealkylation sites (N-methyl/N-ethyl adjacent to an activating group) is 1. The molecule has 3 aromatic rings. The number of rotatable bonds is 5. The average Bonchev–Trinajstić information content (AvgIpc) is 3.14. The number of halogens is 1. The molecule has 0 spiro atoms. The Hall–Kier alpha value is -2.64. The van der Waals surface area contributed by atoms with Crippen LogP contribution in [0, 0.1) is 12.7 Å². The van der Waals surface area contributed by atoms with Crippen molar-refractivity contribution in [1.29, 1.82) is 0 Å². The van der Waals surface area contributed by atoms with Crippen LogP contribution in [0.1, 0.15) is 28.6 Å². The fourth-order valence-corrected chi connectivity index (χ4v) is 3.63. The Morgan fingerprint density at radius 1 is 0.964 bits per heavy atom. The topological polar surface area (TPSA) is 50.1 Å². The SMILES string of the molecule is Cc1ccc(C(c2nnnn2Cc2ccc(F)cc2)N2CCN(C)CC2)cc1. The van der Waals surface area contributed by atoms with Crippen molar-refractivity contribution in [3.8, 4) is 0 Å². The molecule has 0 amide bonds. The first kappa shape index (κ1) is 18.7. The first-order valence-electron chi connectivity index (χ1n) is 9.60. The van der Waals surface area contributed by atoms with Gasteiger partial charge in [0.25, 0.3) is 0 Å². The maximum Gasteiger partial charge on any atom is 0.173 e. The summed E-state index contributed by atoms with van der Waals surface area (Å²) in [5.41, 5.74) is 3.38. The second kappa shape index (κ2) is 8.16. The van der Waals surface area contributed by atoms with Gasteiger partial charge in [-0.25, -0.2) is 9.07 Å². The standard InChI is InChI=1S/C21H25FN6/c1-16-3-7-18(8-4-16)20(27-13-11-26(2)12-14-27)21-23-24-25-28(21)15-17-5-9-19(22)10-6-17/h3-10,20H,11-15H2,1-2H3. The van der Waals surface area contributed by atoms with Gasteiger partial charge in [0, 0.05) is 26.2 Å². The molecule has 1 atom stereocenters. The maximum atomic E-state index is 13.2. The van der Waals surface area contributed by atoms with Gasteiger partial charge in [-0.1, -0.05) is 42.0 Å². The molecule has 0 N–H and O–H groups in total. The van der Waals surface area contributed by atoms with E-state index in [9.17, 15) is 4.39 Å². The van der Waals surface area contributed by atoms with Crippen molar-refractivity contribution in [3.05, 3.63) is 76.9 Å². The van der Waals surface area contributed by atoms with Crippen molar-refractivity contribution in [2.24, 2.45) is 0 Å². The van der Waals surface area contributed by atoms with Crippen molar-refractivity contribution in [2.45, 2.75) is 19.5 Å². The molecular formula is C21H25FN6. The summed E-state index contributed by atoms with van der Waals surface area (Å²) >= 11 is 0. The molecule has 0 saturated carbocycles. The van der Waals surface area contributed by atoms with E-state index in [4.69, 9.17) is 0 Å². The molecule has 28 heavy (non-hydrogen) atoms. The van der Waals surface area contributed by atoms with Gasteiger partial charge >= 0.3 is 0 Å². The van der Waals surface area contributed by atoms with Crippen LogP contribution in [0.25, 0.3) is 0 Å². The fourth-order valence-electron chi connectivity index (χ4n) is 3.63. The van der Waals surface area contributed by atoms with Crippen molar-refractivity contribution < 1.29 is 4.39 Å². The van der Waals surface area contributed by atoms with E-state index in [0.29, 0.717) is 6.54 Å². The van der Waals surface area contributed by atoms with E-state index in [-0.39, 0.29) is 11.9 Å². The van der Waals surface area contributed by atoms with Gasteiger partial charge in [-0.3, -0.25) is 4.90 Å².